The van der Waals surface area contributed by atoms with Gasteiger partial charge in [-0.15, -0.1) is 0 Å². The van der Waals surface area contributed by atoms with Gasteiger partial charge in [0.25, 0.3) is 0 Å². The Bertz CT molecular complexity index is 684. The molecular formula is C11H10Cl2N2O3S. The van der Waals surface area contributed by atoms with Crippen LogP contribution >= 0.6 is 23.2 Å². The van der Waals surface area contributed by atoms with Gasteiger partial charge < -0.3 is 10.2 Å². The Kier molecular flexibility index (Phi) is 4.05. The number of sulfonamides is 1. The van der Waals surface area contributed by atoms with E-state index in [0.29, 0.717) is 5.76 Å². The SMILES string of the molecule is Nc1c(Cl)ccc(S(=O)(=O)NCc2ccco2)c1Cl. The van der Waals surface area contributed by atoms with Crippen LogP contribution in [0.4, 0.5) is 5.69 Å². The summed E-state index contributed by atoms with van der Waals surface area (Å²) < 4.78 is 31.5. The predicted octanol–water partition coefficient (Wildman–Crippen LogP) is 2.65. The van der Waals surface area contributed by atoms with Gasteiger partial charge in [-0.3, -0.25) is 0 Å². The molecule has 3 N–H and O–H groups in total. The summed E-state index contributed by atoms with van der Waals surface area (Å²) in [5.74, 6) is 0.488. The van der Waals surface area contributed by atoms with Crippen LogP contribution in [0.15, 0.2) is 39.8 Å². The maximum Gasteiger partial charge on any atom is 0.242 e. The highest BCUT2D eigenvalue weighted by molar-refractivity contribution is 7.89. The number of hydrogen-bond donors (Lipinski definition) is 2. The van der Waals surface area contributed by atoms with Gasteiger partial charge in [0, 0.05) is 0 Å². The quantitative estimate of drug-likeness (QED) is 0.848. The summed E-state index contributed by atoms with van der Waals surface area (Å²) in [7, 11) is -3.79. The van der Waals surface area contributed by atoms with Crippen LogP contribution in [0.3, 0.4) is 0 Å². The number of nitrogen functional groups attached to an aromatic ring is 1. The molecule has 2 aromatic rings. The molecule has 0 amide bonds. The second kappa shape index (κ2) is 5.42. The average molecular weight is 321 g/mol. The van der Waals surface area contributed by atoms with Gasteiger partial charge in [0.15, 0.2) is 0 Å². The van der Waals surface area contributed by atoms with E-state index in [4.69, 9.17) is 33.4 Å². The molecule has 5 nitrogen and oxygen atoms in total. The van der Waals surface area contributed by atoms with Crippen LogP contribution in [-0.2, 0) is 16.6 Å². The smallest absolute Gasteiger partial charge is 0.242 e. The molecule has 102 valence electrons. The van der Waals surface area contributed by atoms with Crippen molar-refractivity contribution in [2.45, 2.75) is 11.4 Å². The first-order valence-electron chi connectivity index (χ1n) is 5.17. The van der Waals surface area contributed by atoms with Crippen molar-refractivity contribution in [2.24, 2.45) is 0 Å². The molecule has 1 heterocycles. The number of anilines is 1. The fraction of sp³-hybridized carbons (Fsp3) is 0.0909. The molecule has 0 atom stereocenters. The molecule has 2 rings (SSSR count). The third-order valence-corrected chi connectivity index (χ3v) is 4.69. The Balaban J connectivity index is 2.27. The maximum atomic E-state index is 12.1. The summed E-state index contributed by atoms with van der Waals surface area (Å²) >= 11 is 11.6. The molecule has 0 unspecified atom stereocenters. The first kappa shape index (κ1) is 14.2. The van der Waals surface area contributed by atoms with Gasteiger partial charge in [-0.05, 0) is 24.3 Å². The van der Waals surface area contributed by atoms with Crippen molar-refractivity contribution in [1.29, 1.82) is 0 Å². The number of furan rings is 1. The lowest BCUT2D eigenvalue weighted by Crippen LogP contribution is -2.23. The van der Waals surface area contributed by atoms with E-state index in [1.54, 1.807) is 12.1 Å². The van der Waals surface area contributed by atoms with Crippen molar-refractivity contribution < 1.29 is 12.8 Å². The molecule has 0 aliphatic heterocycles. The van der Waals surface area contributed by atoms with E-state index >= 15 is 0 Å². The summed E-state index contributed by atoms with van der Waals surface area (Å²) in [5, 5.41) is 0.106. The van der Waals surface area contributed by atoms with Crippen LogP contribution in [0.25, 0.3) is 0 Å². The highest BCUT2D eigenvalue weighted by Gasteiger charge is 2.20. The first-order valence-corrected chi connectivity index (χ1v) is 7.41. The third kappa shape index (κ3) is 3.03. The van der Waals surface area contributed by atoms with Gasteiger partial charge >= 0.3 is 0 Å². The second-order valence-corrected chi connectivity index (χ2v) is 6.20. The van der Waals surface area contributed by atoms with Gasteiger partial charge in [-0.25, -0.2) is 13.1 Å². The van der Waals surface area contributed by atoms with Crippen LogP contribution in [0.5, 0.6) is 0 Å². The number of nitrogens with two attached hydrogens (primary N) is 1. The van der Waals surface area contributed by atoms with Gasteiger partial charge in [0.2, 0.25) is 10.0 Å². The number of benzene rings is 1. The van der Waals surface area contributed by atoms with E-state index in [2.05, 4.69) is 4.72 Å². The van der Waals surface area contributed by atoms with Crippen LogP contribution < -0.4 is 10.5 Å². The van der Waals surface area contributed by atoms with Crippen molar-refractivity contribution in [3.63, 3.8) is 0 Å². The molecule has 0 saturated heterocycles. The number of rotatable bonds is 4. The Morgan fingerprint density at radius 2 is 2.00 bits per heavy atom. The Hall–Kier alpha value is -1.21. The van der Waals surface area contributed by atoms with Gasteiger partial charge in [0.1, 0.15) is 10.7 Å². The molecule has 0 saturated carbocycles. The van der Waals surface area contributed by atoms with Gasteiger partial charge in [0.05, 0.1) is 28.5 Å². The van der Waals surface area contributed by atoms with E-state index in [9.17, 15) is 8.42 Å². The van der Waals surface area contributed by atoms with Gasteiger partial charge in [-0.2, -0.15) is 0 Å². The zero-order valence-corrected chi connectivity index (χ0v) is 11.9. The van der Waals surface area contributed by atoms with Crippen molar-refractivity contribution >= 4 is 38.9 Å². The minimum Gasteiger partial charge on any atom is -0.468 e. The normalized spacial score (nSPS) is 11.7. The predicted molar refractivity (Wildman–Crippen MR) is 73.6 cm³/mol. The fourth-order valence-corrected chi connectivity index (χ4v) is 3.17. The molecule has 0 aliphatic carbocycles. The van der Waals surface area contributed by atoms with Crippen LogP contribution in [0, 0.1) is 0 Å². The fourth-order valence-electron chi connectivity index (χ4n) is 1.41. The number of halogens is 2. The largest absolute Gasteiger partial charge is 0.468 e. The lowest BCUT2D eigenvalue weighted by atomic mass is 10.3. The average Bonchev–Trinajstić information content (AvgIpc) is 2.86. The molecule has 19 heavy (non-hydrogen) atoms. The minimum absolute atomic E-state index is 0.0220. The molecule has 0 fully saturated rings. The van der Waals surface area contributed by atoms with Gasteiger partial charge in [-0.1, -0.05) is 23.2 Å². The monoisotopic (exact) mass is 320 g/mol. The van der Waals surface area contributed by atoms with Crippen molar-refractivity contribution in [2.75, 3.05) is 5.73 Å². The molecule has 0 bridgehead atoms. The lowest BCUT2D eigenvalue weighted by molar-refractivity contribution is 0.498. The summed E-state index contributed by atoms with van der Waals surface area (Å²) in [6.45, 7) is 0.0220. The summed E-state index contributed by atoms with van der Waals surface area (Å²) in [5.41, 5.74) is 5.63. The highest BCUT2D eigenvalue weighted by atomic mass is 35.5. The van der Waals surface area contributed by atoms with E-state index in [0.717, 1.165) is 0 Å². The molecule has 0 radical (unpaired) electrons. The molecular weight excluding hydrogens is 311 g/mol. The van der Waals surface area contributed by atoms with E-state index in [1.165, 1.54) is 18.4 Å². The minimum atomic E-state index is -3.79. The molecule has 0 spiro atoms. The zero-order valence-electron chi connectivity index (χ0n) is 9.56. The zero-order chi connectivity index (χ0) is 14.0. The molecule has 1 aromatic heterocycles. The van der Waals surface area contributed by atoms with Crippen LogP contribution in [0.1, 0.15) is 5.76 Å². The van der Waals surface area contributed by atoms with Crippen LogP contribution in [-0.4, -0.2) is 8.42 Å². The Morgan fingerprint density at radius 1 is 1.26 bits per heavy atom. The summed E-state index contributed by atoms with van der Waals surface area (Å²) in [4.78, 5) is -0.123. The second-order valence-electron chi connectivity index (χ2n) is 3.68. The number of hydrogen-bond acceptors (Lipinski definition) is 4. The standard InChI is InChI=1S/C11H10Cl2N2O3S/c12-8-3-4-9(10(13)11(8)14)19(16,17)15-6-7-2-1-5-18-7/h1-5,15H,6,14H2. The number of nitrogens with one attached hydrogen (secondary N) is 1. The van der Waals surface area contributed by atoms with Crippen molar-refractivity contribution in [1.82, 2.24) is 4.72 Å². The Labute approximate surface area is 120 Å². The van der Waals surface area contributed by atoms with Crippen molar-refractivity contribution in [3.8, 4) is 0 Å². The Morgan fingerprint density at radius 3 is 2.63 bits per heavy atom. The third-order valence-electron chi connectivity index (χ3n) is 2.40. The molecule has 0 aliphatic rings. The highest BCUT2D eigenvalue weighted by Crippen LogP contribution is 2.32. The van der Waals surface area contributed by atoms with Crippen molar-refractivity contribution in [3.05, 3.63) is 46.3 Å². The van der Waals surface area contributed by atoms with E-state index in [-0.39, 0.29) is 27.2 Å². The lowest BCUT2D eigenvalue weighted by Gasteiger charge is -2.09. The van der Waals surface area contributed by atoms with E-state index in [1.807, 2.05) is 0 Å². The molecule has 1 aromatic carbocycles. The topological polar surface area (TPSA) is 85.3 Å². The maximum absolute atomic E-state index is 12.1. The van der Waals surface area contributed by atoms with E-state index < -0.39 is 10.0 Å². The summed E-state index contributed by atoms with van der Waals surface area (Å²) in [6.07, 6.45) is 1.46. The first-order chi connectivity index (χ1) is 8.92. The molecule has 8 heteroatoms. The summed E-state index contributed by atoms with van der Waals surface area (Å²) in [6, 6.07) is 5.99. The van der Waals surface area contributed by atoms with Crippen LogP contribution in [0.2, 0.25) is 10.0 Å².